The molecule has 0 aliphatic carbocycles. The monoisotopic (exact) mass is 276 g/mol. The molecule has 1 aliphatic rings. The number of nitrogens with zero attached hydrogens (tertiary/aromatic N) is 1. The number of aromatic nitrogens is 2. The molecule has 17 heavy (non-hydrogen) atoms. The number of H-pyrrole nitrogens is 1. The van der Waals surface area contributed by atoms with Gasteiger partial charge in [0.15, 0.2) is 6.23 Å². The van der Waals surface area contributed by atoms with Gasteiger partial charge in [-0.3, -0.25) is 14.3 Å². The molecule has 1 saturated heterocycles. The fourth-order valence-electron chi connectivity index (χ4n) is 1.74. The van der Waals surface area contributed by atoms with E-state index >= 15 is 0 Å². The van der Waals surface area contributed by atoms with Crippen LogP contribution in [0.4, 0.5) is 0 Å². The van der Waals surface area contributed by atoms with Crippen LogP contribution in [0.25, 0.3) is 0 Å². The van der Waals surface area contributed by atoms with E-state index in [9.17, 15) is 9.59 Å². The SMILES string of the molecule is O=c1ccn([C@H]2O[C@@H](CO)[C@@H](S)C2S)c(=O)[nH]1. The van der Waals surface area contributed by atoms with Crippen LogP contribution in [0.5, 0.6) is 0 Å². The number of aliphatic hydroxyl groups excluding tert-OH is 1. The van der Waals surface area contributed by atoms with Gasteiger partial charge in [-0.25, -0.2) is 4.79 Å². The summed E-state index contributed by atoms with van der Waals surface area (Å²) >= 11 is 8.59. The normalized spacial score (nSPS) is 32.9. The Morgan fingerprint density at radius 1 is 1.41 bits per heavy atom. The van der Waals surface area contributed by atoms with Gasteiger partial charge in [0, 0.05) is 17.5 Å². The van der Waals surface area contributed by atoms with Gasteiger partial charge in [0.1, 0.15) is 0 Å². The minimum absolute atomic E-state index is 0.195. The van der Waals surface area contributed by atoms with Gasteiger partial charge < -0.3 is 9.84 Å². The van der Waals surface area contributed by atoms with E-state index in [0.717, 1.165) is 0 Å². The highest BCUT2D eigenvalue weighted by molar-refractivity contribution is 7.85. The van der Waals surface area contributed by atoms with Crippen molar-refractivity contribution in [2.45, 2.75) is 22.8 Å². The quantitative estimate of drug-likeness (QED) is 0.523. The van der Waals surface area contributed by atoms with Crippen molar-refractivity contribution in [2.24, 2.45) is 0 Å². The van der Waals surface area contributed by atoms with Gasteiger partial charge in [0.05, 0.1) is 18.0 Å². The fraction of sp³-hybridized carbons (Fsp3) is 0.556. The average Bonchev–Trinajstić information content (AvgIpc) is 2.57. The van der Waals surface area contributed by atoms with Crippen LogP contribution in [0.3, 0.4) is 0 Å². The number of ether oxygens (including phenoxy) is 1. The molecule has 0 radical (unpaired) electrons. The van der Waals surface area contributed by atoms with E-state index < -0.39 is 23.6 Å². The van der Waals surface area contributed by atoms with Gasteiger partial charge in [-0.15, -0.1) is 0 Å². The van der Waals surface area contributed by atoms with E-state index in [1.54, 1.807) is 0 Å². The number of hydrogen-bond acceptors (Lipinski definition) is 6. The van der Waals surface area contributed by atoms with Gasteiger partial charge in [-0.1, -0.05) is 0 Å². The van der Waals surface area contributed by atoms with Crippen molar-refractivity contribution in [1.29, 1.82) is 0 Å². The molecule has 2 heterocycles. The van der Waals surface area contributed by atoms with Gasteiger partial charge in [0.2, 0.25) is 0 Å². The third-order valence-corrected chi connectivity index (χ3v) is 4.11. The number of nitrogens with one attached hydrogen (secondary N) is 1. The minimum atomic E-state index is -0.651. The van der Waals surface area contributed by atoms with E-state index in [1.165, 1.54) is 16.8 Å². The first kappa shape index (κ1) is 12.7. The molecule has 1 unspecified atom stereocenters. The number of aromatic amines is 1. The predicted molar refractivity (Wildman–Crippen MR) is 67.9 cm³/mol. The van der Waals surface area contributed by atoms with Gasteiger partial charge in [-0.2, -0.15) is 25.3 Å². The Bertz CT molecular complexity index is 514. The van der Waals surface area contributed by atoms with Crippen molar-refractivity contribution in [2.75, 3.05) is 6.61 Å². The molecular weight excluding hydrogens is 264 g/mol. The molecule has 1 aromatic rings. The summed E-state index contributed by atoms with van der Waals surface area (Å²) in [6, 6.07) is 1.23. The first-order valence-corrected chi connectivity index (χ1v) is 6.02. The Balaban J connectivity index is 2.35. The van der Waals surface area contributed by atoms with Crippen molar-refractivity contribution in [3.63, 3.8) is 0 Å². The number of rotatable bonds is 2. The zero-order valence-corrected chi connectivity index (χ0v) is 10.5. The van der Waals surface area contributed by atoms with Crippen molar-refractivity contribution >= 4 is 25.3 Å². The Morgan fingerprint density at radius 3 is 2.65 bits per heavy atom. The van der Waals surface area contributed by atoms with Gasteiger partial charge in [-0.05, 0) is 0 Å². The van der Waals surface area contributed by atoms with Crippen LogP contribution in [0, 0.1) is 0 Å². The lowest BCUT2D eigenvalue weighted by Gasteiger charge is -2.17. The molecule has 6 nitrogen and oxygen atoms in total. The topological polar surface area (TPSA) is 84.3 Å². The van der Waals surface area contributed by atoms with Crippen molar-refractivity contribution in [3.05, 3.63) is 33.1 Å². The van der Waals surface area contributed by atoms with Crippen LogP contribution >= 0.6 is 25.3 Å². The molecule has 1 aromatic heterocycles. The van der Waals surface area contributed by atoms with E-state index in [1.807, 2.05) is 0 Å². The minimum Gasteiger partial charge on any atom is -0.394 e. The zero-order valence-electron chi connectivity index (χ0n) is 8.68. The van der Waals surface area contributed by atoms with Crippen LogP contribution in [-0.4, -0.2) is 37.9 Å². The number of thiol groups is 2. The summed E-state index contributed by atoms with van der Waals surface area (Å²) in [7, 11) is 0. The van der Waals surface area contributed by atoms with E-state index in [0.29, 0.717) is 0 Å². The summed E-state index contributed by atoms with van der Waals surface area (Å²) < 4.78 is 6.71. The lowest BCUT2D eigenvalue weighted by atomic mass is 10.2. The maximum Gasteiger partial charge on any atom is 0.330 e. The lowest BCUT2D eigenvalue weighted by Crippen LogP contribution is -2.34. The van der Waals surface area contributed by atoms with Crippen LogP contribution in [0.15, 0.2) is 21.9 Å². The van der Waals surface area contributed by atoms with Crippen molar-refractivity contribution in [1.82, 2.24) is 9.55 Å². The molecule has 8 heteroatoms. The molecule has 1 aliphatic heterocycles. The molecular formula is C9H12N2O4S2. The van der Waals surface area contributed by atoms with Crippen LogP contribution < -0.4 is 11.2 Å². The number of hydrogen-bond donors (Lipinski definition) is 4. The smallest absolute Gasteiger partial charge is 0.330 e. The van der Waals surface area contributed by atoms with Gasteiger partial charge >= 0.3 is 5.69 Å². The maximum atomic E-state index is 11.6. The molecule has 0 spiro atoms. The second-order valence-corrected chi connectivity index (χ2v) is 4.94. The first-order chi connectivity index (χ1) is 8.04. The standard InChI is InChI=1S/C9H12N2O4S2/c12-3-4-6(16)7(17)8(15-4)11-2-1-5(13)10-9(11)14/h1-2,4,6-8,12,16-17H,3H2,(H,10,13,14)/t4-,6+,7?,8-/m0/s1. The second kappa shape index (κ2) is 4.89. The summed E-state index contributed by atoms with van der Waals surface area (Å²) in [5.41, 5.74) is -1.04. The van der Waals surface area contributed by atoms with Crippen LogP contribution in [-0.2, 0) is 4.74 Å². The van der Waals surface area contributed by atoms with Crippen molar-refractivity contribution < 1.29 is 9.84 Å². The molecule has 0 saturated carbocycles. The fourth-order valence-corrected chi connectivity index (χ4v) is 2.46. The second-order valence-electron chi connectivity index (χ2n) is 3.75. The van der Waals surface area contributed by atoms with E-state index in [-0.39, 0.29) is 17.1 Å². The molecule has 1 fully saturated rings. The van der Waals surface area contributed by atoms with Crippen LogP contribution in [0.2, 0.25) is 0 Å². The first-order valence-electron chi connectivity index (χ1n) is 4.98. The highest BCUT2D eigenvalue weighted by atomic mass is 32.1. The number of aliphatic hydroxyl groups is 1. The average molecular weight is 276 g/mol. The van der Waals surface area contributed by atoms with Crippen molar-refractivity contribution in [3.8, 4) is 0 Å². The van der Waals surface area contributed by atoms with Gasteiger partial charge in [0.25, 0.3) is 5.56 Å². The summed E-state index contributed by atoms with van der Waals surface area (Å²) in [4.78, 5) is 24.7. The summed E-state index contributed by atoms with van der Waals surface area (Å²) in [6.07, 6.45) is 0.210. The summed E-state index contributed by atoms with van der Waals surface area (Å²) in [5, 5.41) is 8.45. The zero-order chi connectivity index (χ0) is 12.6. The third kappa shape index (κ3) is 2.30. The Hall–Kier alpha value is -0.700. The highest BCUT2D eigenvalue weighted by Crippen LogP contribution is 2.34. The van der Waals surface area contributed by atoms with E-state index in [4.69, 9.17) is 9.84 Å². The maximum absolute atomic E-state index is 11.6. The third-order valence-electron chi connectivity index (χ3n) is 2.64. The lowest BCUT2D eigenvalue weighted by molar-refractivity contribution is -0.0223. The summed E-state index contributed by atoms with van der Waals surface area (Å²) in [6.45, 7) is -0.195. The molecule has 0 amide bonds. The molecule has 0 aromatic carbocycles. The molecule has 2 N–H and O–H groups in total. The Kier molecular flexibility index (Phi) is 3.67. The molecule has 4 atom stereocenters. The van der Waals surface area contributed by atoms with E-state index in [2.05, 4.69) is 30.2 Å². The predicted octanol–water partition coefficient (Wildman–Crippen LogP) is -0.977. The molecule has 0 bridgehead atoms. The molecule has 2 rings (SSSR count). The summed E-state index contributed by atoms with van der Waals surface area (Å²) in [5.74, 6) is 0. The largest absolute Gasteiger partial charge is 0.394 e. The molecule has 94 valence electrons. The van der Waals surface area contributed by atoms with Crippen LogP contribution in [0.1, 0.15) is 6.23 Å². The Morgan fingerprint density at radius 2 is 2.12 bits per heavy atom. The Labute approximate surface area is 107 Å². The highest BCUT2D eigenvalue weighted by Gasteiger charge is 2.41.